The van der Waals surface area contributed by atoms with Crippen molar-refractivity contribution in [2.75, 3.05) is 14.2 Å². The molecule has 2 rings (SSSR count). The van der Waals surface area contributed by atoms with Crippen LogP contribution in [0.4, 0.5) is 8.78 Å². The molecule has 0 radical (unpaired) electrons. The van der Waals surface area contributed by atoms with Gasteiger partial charge < -0.3 is 10.1 Å². The van der Waals surface area contributed by atoms with Crippen molar-refractivity contribution in [3.05, 3.63) is 64.2 Å². The summed E-state index contributed by atoms with van der Waals surface area (Å²) < 4.78 is 31.7. The fraction of sp³-hybridized carbons (Fsp3) is 0.200. The summed E-state index contributed by atoms with van der Waals surface area (Å²) in [6, 6.07) is 8.70. The zero-order valence-corrected chi connectivity index (χ0v) is 11.8. The van der Waals surface area contributed by atoms with Gasteiger partial charge in [-0.05, 0) is 36.9 Å². The number of benzene rings is 2. The molecule has 5 heteroatoms. The lowest BCUT2D eigenvalue weighted by molar-refractivity contribution is 0.405. The van der Waals surface area contributed by atoms with Crippen molar-refractivity contribution in [1.29, 1.82) is 0 Å². The molecule has 0 aliphatic rings. The molecule has 0 spiro atoms. The first-order valence-electron chi connectivity index (χ1n) is 6.02. The van der Waals surface area contributed by atoms with Gasteiger partial charge in [0.05, 0.1) is 13.2 Å². The van der Waals surface area contributed by atoms with E-state index in [-0.39, 0.29) is 6.04 Å². The standard InChI is InChI=1S/C15H14ClF2NO/c1-19-15(9-3-6-12(17)13(18)7-9)11-5-4-10(16)8-14(11)20-2/h3-8,15,19H,1-2H3. The average molecular weight is 298 g/mol. The monoisotopic (exact) mass is 297 g/mol. The van der Waals surface area contributed by atoms with Crippen LogP contribution in [0.5, 0.6) is 5.75 Å². The SMILES string of the molecule is CNC(c1ccc(F)c(F)c1)c1ccc(Cl)cc1OC. The largest absolute Gasteiger partial charge is 0.496 e. The van der Waals surface area contributed by atoms with E-state index in [0.29, 0.717) is 16.3 Å². The normalized spacial score (nSPS) is 12.2. The Morgan fingerprint density at radius 2 is 1.85 bits per heavy atom. The highest BCUT2D eigenvalue weighted by atomic mass is 35.5. The van der Waals surface area contributed by atoms with Gasteiger partial charge in [-0.1, -0.05) is 23.7 Å². The maximum absolute atomic E-state index is 13.4. The van der Waals surface area contributed by atoms with Gasteiger partial charge in [0.1, 0.15) is 5.75 Å². The Bertz CT molecular complexity index is 619. The Kier molecular flexibility index (Phi) is 4.57. The molecule has 0 aliphatic carbocycles. The lowest BCUT2D eigenvalue weighted by Crippen LogP contribution is -2.18. The number of methoxy groups -OCH3 is 1. The van der Waals surface area contributed by atoms with E-state index in [1.165, 1.54) is 19.2 Å². The highest BCUT2D eigenvalue weighted by Crippen LogP contribution is 2.32. The fourth-order valence-electron chi connectivity index (χ4n) is 2.12. The molecule has 0 saturated carbocycles. The summed E-state index contributed by atoms with van der Waals surface area (Å²) >= 11 is 5.93. The van der Waals surface area contributed by atoms with E-state index in [1.807, 2.05) is 0 Å². The second kappa shape index (κ2) is 6.20. The highest BCUT2D eigenvalue weighted by molar-refractivity contribution is 6.30. The van der Waals surface area contributed by atoms with Crippen LogP contribution in [-0.2, 0) is 0 Å². The molecule has 1 N–H and O–H groups in total. The summed E-state index contributed by atoms with van der Waals surface area (Å²) in [5.74, 6) is -1.16. The predicted octanol–water partition coefficient (Wildman–Crippen LogP) is 3.94. The van der Waals surface area contributed by atoms with E-state index >= 15 is 0 Å². The van der Waals surface area contributed by atoms with Crippen molar-refractivity contribution in [1.82, 2.24) is 5.32 Å². The molecule has 106 valence electrons. The van der Waals surface area contributed by atoms with E-state index in [0.717, 1.165) is 11.6 Å². The average Bonchev–Trinajstić information content (AvgIpc) is 2.44. The van der Waals surface area contributed by atoms with Crippen molar-refractivity contribution in [3.8, 4) is 5.75 Å². The molecular formula is C15H14ClF2NO. The molecule has 2 nitrogen and oxygen atoms in total. The third-order valence-corrected chi connectivity index (χ3v) is 3.31. The molecule has 2 aromatic rings. The van der Waals surface area contributed by atoms with E-state index < -0.39 is 11.6 Å². The van der Waals surface area contributed by atoms with Gasteiger partial charge >= 0.3 is 0 Å². The minimum absolute atomic E-state index is 0.322. The summed E-state index contributed by atoms with van der Waals surface area (Å²) in [7, 11) is 3.27. The molecule has 0 heterocycles. The fourth-order valence-corrected chi connectivity index (χ4v) is 2.28. The van der Waals surface area contributed by atoms with E-state index in [1.54, 1.807) is 25.2 Å². The van der Waals surface area contributed by atoms with Crippen LogP contribution in [0.1, 0.15) is 17.2 Å². The number of nitrogens with one attached hydrogen (secondary N) is 1. The molecule has 0 saturated heterocycles. The van der Waals surface area contributed by atoms with Crippen molar-refractivity contribution < 1.29 is 13.5 Å². The first-order chi connectivity index (χ1) is 9.56. The van der Waals surface area contributed by atoms with Crippen LogP contribution in [0.3, 0.4) is 0 Å². The van der Waals surface area contributed by atoms with Crippen LogP contribution in [0.2, 0.25) is 5.02 Å². The highest BCUT2D eigenvalue weighted by Gasteiger charge is 2.18. The lowest BCUT2D eigenvalue weighted by Gasteiger charge is -2.20. The second-order valence-electron chi connectivity index (χ2n) is 4.28. The molecule has 1 unspecified atom stereocenters. The van der Waals surface area contributed by atoms with Gasteiger partial charge in [-0.25, -0.2) is 8.78 Å². The van der Waals surface area contributed by atoms with Crippen molar-refractivity contribution in [2.45, 2.75) is 6.04 Å². The molecule has 0 aromatic heterocycles. The Hall–Kier alpha value is -1.65. The molecule has 20 heavy (non-hydrogen) atoms. The molecule has 0 fully saturated rings. The van der Waals surface area contributed by atoms with Gasteiger partial charge in [-0.2, -0.15) is 0 Å². The minimum atomic E-state index is -0.879. The van der Waals surface area contributed by atoms with Crippen LogP contribution in [0.25, 0.3) is 0 Å². The smallest absolute Gasteiger partial charge is 0.159 e. The van der Waals surface area contributed by atoms with Gasteiger partial charge in [0.2, 0.25) is 0 Å². The van der Waals surface area contributed by atoms with Crippen LogP contribution >= 0.6 is 11.6 Å². The maximum Gasteiger partial charge on any atom is 0.159 e. The zero-order chi connectivity index (χ0) is 14.7. The van der Waals surface area contributed by atoms with Crippen LogP contribution in [0.15, 0.2) is 36.4 Å². The van der Waals surface area contributed by atoms with E-state index in [4.69, 9.17) is 16.3 Å². The van der Waals surface area contributed by atoms with Crippen LogP contribution in [0, 0.1) is 11.6 Å². The Morgan fingerprint density at radius 3 is 2.45 bits per heavy atom. The Morgan fingerprint density at radius 1 is 1.10 bits per heavy atom. The quantitative estimate of drug-likeness (QED) is 0.923. The second-order valence-corrected chi connectivity index (χ2v) is 4.72. The number of halogens is 3. The number of ether oxygens (including phenoxy) is 1. The van der Waals surface area contributed by atoms with Crippen molar-refractivity contribution >= 4 is 11.6 Å². The van der Waals surface area contributed by atoms with E-state index in [2.05, 4.69) is 5.32 Å². The first kappa shape index (κ1) is 14.8. The third kappa shape index (κ3) is 2.92. The summed E-state index contributed by atoms with van der Waals surface area (Å²) in [6.07, 6.45) is 0. The third-order valence-electron chi connectivity index (χ3n) is 3.07. The summed E-state index contributed by atoms with van der Waals surface area (Å²) in [4.78, 5) is 0. The van der Waals surface area contributed by atoms with Gasteiger partial charge in [0.25, 0.3) is 0 Å². The van der Waals surface area contributed by atoms with Gasteiger partial charge in [0, 0.05) is 10.6 Å². The summed E-state index contributed by atoms with van der Waals surface area (Å²) in [5.41, 5.74) is 1.40. The lowest BCUT2D eigenvalue weighted by atomic mass is 9.98. The van der Waals surface area contributed by atoms with E-state index in [9.17, 15) is 8.78 Å². The topological polar surface area (TPSA) is 21.3 Å². The first-order valence-corrected chi connectivity index (χ1v) is 6.40. The molecule has 0 bridgehead atoms. The van der Waals surface area contributed by atoms with Crippen LogP contribution < -0.4 is 10.1 Å². The Balaban J connectivity index is 2.49. The molecule has 0 aliphatic heterocycles. The molecule has 2 aromatic carbocycles. The van der Waals surface area contributed by atoms with Gasteiger partial charge in [0.15, 0.2) is 11.6 Å². The Labute approximate surface area is 121 Å². The van der Waals surface area contributed by atoms with Crippen molar-refractivity contribution in [3.63, 3.8) is 0 Å². The van der Waals surface area contributed by atoms with Crippen molar-refractivity contribution in [2.24, 2.45) is 0 Å². The molecule has 0 amide bonds. The van der Waals surface area contributed by atoms with Crippen LogP contribution in [-0.4, -0.2) is 14.2 Å². The van der Waals surface area contributed by atoms with Gasteiger partial charge in [-0.15, -0.1) is 0 Å². The number of rotatable bonds is 4. The molecule has 1 atom stereocenters. The number of hydrogen-bond donors (Lipinski definition) is 1. The zero-order valence-electron chi connectivity index (χ0n) is 11.1. The maximum atomic E-state index is 13.4. The summed E-state index contributed by atoms with van der Waals surface area (Å²) in [6.45, 7) is 0. The number of hydrogen-bond acceptors (Lipinski definition) is 2. The minimum Gasteiger partial charge on any atom is -0.496 e. The van der Waals surface area contributed by atoms with Gasteiger partial charge in [-0.3, -0.25) is 0 Å². The molecular weight excluding hydrogens is 284 g/mol. The predicted molar refractivity (Wildman–Crippen MR) is 75.3 cm³/mol. The summed E-state index contributed by atoms with van der Waals surface area (Å²) in [5, 5.41) is 3.61.